The molecule has 0 saturated heterocycles. The molecule has 0 N–H and O–H groups in total. The van der Waals surface area contributed by atoms with Gasteiger partial charge in [0.25, 0.3) is 0 Å². The van der Waals surface area contributed by atoms with Crippen LogP contribution < -0.4 is 0 Å². The molecule has 0 unspecified atom stereocenters. The predicted molar refractivity (Wildman–Crippen MR) is 113 cm³/mol. The summed E-state index contributed by atoms with van der Waals surface area (Å²) in [5.41, 5.74) is 4.20. The highest BCUT2D eigenvalue weighted by atomic mass is 15.3. The van der Waals surface area contributed by atoms with E-state index in [1.807, 2.05) is 20.0 Å². The lowest BCUT2D eigenvalue weighted by molar-refractivity contribution is 0.449. The minimum absolute atomic E-state index is 0.503. The van der Waals surface area contributed by atoms with Gasteiger partial charge in [0.2, 0.25) is 0 Å². The molecule has 0 radical (unpaired) electrons. The van der Waals surface area contributed by atoms with Gasteiger partial charge in [0.15, 0.2) is 0 Å². The van der Waals surface area contributed by atoms with E-state index in [1.54, 1.807) is 0 Å². The molecule has 2 nitrogen and oxygen atoms in total. The molecule has 0 saturated carbocycles. The van der Waals surface area contributed by atoms with Gasteiger partial charge in [-0.15, -0.1) is 0 Å². The third-order valence-corrected chi connectivity index (χ3v) is 4.72. The topological polar surface area (TPSA) is 17.8 Å². The van der Waals surface area contributed by atoms with E-state index >= 15 is 0 Å². The summed E-state index contributed by atoms with van der Waals surface area (Å²) >= 11 is 0. The molecular weight excluding hydrogens is 328 g/mol. The van der Waals surface area contributed by atoms with Gasteiger partial charge in [-0.25, -0.2) is 0 Å². The first-order valence-electron chi connectivity index (χ1n) is 9.51. The fourth-order valence-electron chi connectivity index (χ4n) is 3.63. The van der Waals surface area contributed by atoms with Crippen LogP contribution in [0.1, 0.15) is 36.2 Å². The molecule has 136 valence electrons. The number of aromatic nitrogens is 2. The Balaban J connectivity index is 0.00000102. The summed E-state index contributed by atoms with van der Waals surface area (Å²) in [4.78, 5) is 0. The molecule has 0 bridgehead atoms. The molecule has 27 heavy (non-hydrogen) atoms. The second kappa shape index (κ2) is 8.50. The average Bonchev–Trinajstić information content (AvgIpc) is 3.19. The van der Waals surface area contributed by atoms with E-state index in [1.165, 1.54) is 16.7 Å². The summed E-state index contributed by atoms with van der Waals surface area (Å²) in [7, 11) is 0. The predicted octanol–water partition coefficient (Wildman–Crippen LogP) is 6.06. The third-order valence-electron chi connectivity index (χ3n) is 4.72. The molecule has 1 aromatic heterocycles. The Morgan fingerprint density at radius 2 is 0.963 bits per heavy atom. The van der Waals surface area contributed by atoms with Gasteiger partial charge in [-0.2, -0.15) is 5.10 Å². The van der Waals surface area contributed by atoms with Crippen LogP contribution in [0.3, 0.4) is 0 Å². The molecule has 0 amide bonds. The van der Waals surface area contributed by atoms with Gasteiger partial charge in [-0.05, 0) is 29.7 Å². The van der Waals surface area contributed by atoms with Crippen LogP contribution in [0.15, 0.2) is 103 Å². The molecule has 0 aliphatic carbocycles. The molecule has 0 aliphatic rings. The maximum Gasteiger partial charge on any atom is 0.138 e. The lowest BCUT2D eigenvalue weighted by atomic mass is 9.77. The van der Waals surface area contributed by atoms with E-state index < -0.39 is 5.54 Å². The van der Waals surface area contributed by atoms with Crippen LogP contribution >= 0.6 is 0 Å². The van der Waals surface area contributed by atoms with E-state index in [0.29, 0.717) is 0 Å². The minimum Gasteiger partial charge on any atom is -0.250 e. The smallest absolute Gasteiger partial charge is 0.138 e. The largest absolute Gasteiger partial charge is 0.250 e. The van der Waals surface area contributed by atoms with Gasteiger partial charge in [0.05, 0.1) is 0 Å². The van der Waals surface area contributed by atoms with Gasteiger partial charge in [0.1, 0.15) is 5.54 Å². The van der Waals surface area contributed by atoms with Crippen molar-refractivity contribution >= 4 is 0 Å². The fraction of sp³-hybridized carbons (Fsp3) is 0.160. The van der Waals surface area contributed by atoms with Crippen LogP contribution in [-0.4, -0.2) is 9.78 Å². The molecule has 0 atom stereocenters. The first-order chi connectivity index (χ1) is 13.3. The van der Waals surface area contributed by atoms with Crippen molar-refractivity contribution in [1.29, 1.82) is 0 Å². The van der Waals surface area contributed by atoms with Gasteiger partial charge in [-0.3, -0.25) is 4.68 Å². The van der Waals surface area contributed by atoms with E-state index in [2.05, 4.69) is 109 Å². The van der Waals surface area contributed by atoms with Gasteiger partial charge >= 0.3 is 0 Å². The first-order valence-corrected chi connectivity index (χ1v) is 9.51. The van der Waals surface area contributed by atoms with E-state index in [-0.39, 0.29) is 0 Å². The summed E-state index contributed by atoms with van der Waals surface area (Å²) in [6, 6.07) is 33.9. The van der Waals surface area contributed by atoms with Gasteiger partial charge < -0.3 is 0 Å². The highest BCUT2D eigenvalue weighted by Gasteiger charge is 2.39. The van der Waals surface area contributed by atoms with E-state index in [4.69, 9.17) is 5.10 Å². The van der Waals surface area contributed by atoms with Crippen molar-refractivity contribution in [2.45, 2.75) is 26.3 Å². The zero-order valence-corrected chi connectivity index (χ0v) is 16.2. The van der Waals surface area contributed by atoms with Crippen molar-refractivity contribution in [3.63, 3.8) is 0 Å². The number of hydrogen-bond donors (Lipinski definition) is 0. The van der Waals surface area contributed by atoms with Crippen LogP contribution in [0.2, 0.25) is 0 Å². The lowest BCUT2D eigenvalue weighted by Gasteiger charge is -2.37. The zero-order chi connectivity index (χ0) is 19.1. The van der Waals surface area contributed by atoms with Crippen molar-refractivity contribution < 1.29 is 0 Å². The second-order valence-electron chi connectivity index (χ2n) is 6.19. The van der Waals surface area contributed by atoms with E-state index in [0.717, 1.165) is 5.69 Å². The van der Waals surface area contributed by atoms with Gasteiger partial charge in [0, 0.05) is 11.9 Å². The molecular formula is C25H26N2. The van der Waals surface area contributed by atoms with Crippen molar-refractivity contribution in [2.24, 2.45) is 0 Å². The number of benzene rings is 3. The quantitative estimate of drug-likeness (QED) is 0.407. The number of aryl methyl sites for hydroxylation is 1. The Morgan fingerprint density at radius 1 is 0.593 bits per heavy atom. The Labute approximate surface area is 162 Å². The Bertz CT molecular complexity index is 845. The second-order valence-corrected chi connectivity index (χ2v) is 6.19. The highest BCUT2D eigenvalue weighted by molar-refractivity contribution is 5.50. The molecule has 0 aliphatic heterocycles. The van der Waals surface area contributed by atoms with Crippen LogP contribution in [0.4, 0.5) is 0 Å². The number of rotatable bonds is 4. The SMILES string of the molecule is CC.Cc1ccnn1C(c1ccccc1)(c1ccccc1)c1ccccc1. The molecule has 3 aromatic carbocycles. The summed E-state index contributed by atoms with van der Waals surface area (Å²) < 4.78 is 2.13. The Kier molecular flexibility index (Phi) is 5.87. The molecule has 4 rings (SSSR count). The zero-order valence-electron chi connectivity index (χ0n) is 16.2. The van der Waals surface area contributed by atoms with Crippen LogP contribution in [0.5, 0.6) is 0 Å². The Morgan fingerprint density at radius 3 is 1.26 bits per heavy atom. The third kappa shape index (κ3) is 3.31. The fourth-order valence-corrected chi connectivity index (χ4v) is 3.63. The molecule has 1 heterocycles. The first kappa shape index (κ1) is 18.7. The standard InChI is InChI=1S/C23H20N2.C2H6/c1-19-17-18-24-25(19)23(20-11-5-2-6-12-20,21-13-7-3-8-14-21)22-15-9-4-10-16-22;1-2/h2-18H,1H3;1-2H3. The normalized spacial score (nSPS) is 10.8. The van der Waals surface area contributed by atoms with Crippen LogP contribution in [0, 0.1) is 6.92 Å². The van der Waals surface area contributed by atoms with Crippen LogP contribution in [0.25, 0.3) is 0 Å². The molecule has 0 spiro atoms. The summed E-state index contributed by atoms with van der Waals surface area (Å²) in [6.07, 6.45) is 1.87. The summed E-state index contributed by atoms with van der Waals surface area (Å²) in [5.74, 6) is 0. The van der Waals surface area contributed by atoms with Gasteiger partial charge in [-0.1, -0.05) is 105 Å². The maximum absolute atomic E-state index is 4.73. The van der Waals surface area contributed by atoms with Crippen molar-refractivity contribution in [3.05, 3.63) is 126 Å². The van der Waals surface area contributed by atoms with Crippen LogP contribution in [-0.2, 0) is 5.54 Å². The highest BCUT2D eigenvalue weighted by Crippen LogP contribution is 2.40. The Hall–Kier alpha value is -3.13. The molecule has 2 heteroatoms. The summed E-state index contributed by atoms with van der Waals surface area (Å²) in [6.45, 7) is 6.11. The molecule has 4 aromatic rings. The van der Waals surface area contributed by atoms with E-state index in [9.17, 15) is 0 Å². The average molecular weight is 354 g/mol. The molecule has 0 fully saturated rings. The van der Waals surface area contributed by atoms with Crippen molar-refractivity contribution in [3.8, 4) is 0 Å². The number of nitrogens with zero attached hydrogens (tertiary/aromatic N) is 2. The monoisotopic (exact) mass is 354 g/mol. The number of hydrogen-bond acceptors (Lipinski definition) is 1. The lowest BCUT2D eigenvalue weighted by Crippen LogP contribution is -2.39. The van der Waals surface area contributed by atoms with Crippen molar-refractivity contribution in [2.75, 3.05) is 0 Å². The maximum atomic E-state index is 4.73. The minimum atomic E-state index is -0.503. The summed E-state index contributed by atoms with van der Waals surface area (Å²) in [5, 5.41) is 4.73. The van der Waals surface area contributed by atoms with Crippen molar-refractivity contribution in [1.82, 2.24) is 9.78 Å².